The molecule has 0 saturated heterocycles. The summed E-state index contributed by atoms with van der Waals surface area (Å²) in [4.78, 5) is 2.33. The van der Waals surface area contributed by atoms with Gasteiger partial charge in [-0.05, 0) is 45.0 Å². The first kappa shape index (κ1) is 15.0. The minimum atomic E-state index is 0.629. The van der Waals surface area contributed by atoms with Crippen LogP contribution in [0.3, 0.4) is 0 Å². The zero-order valence-corrected chi connectivity index (χ0v) is 11.9. The van der Waals surface area contributed by atoms with Gasteiger partial charge in [0.2, 0.25) is 0 Å². The maximum atomic E-state index is 5.62. The second-order valence-electron chi connectivity index (χ2n) is 5.03. The van der Waals surface area contributed by atoms with Crippen LogP contribution in [0.4, 0.5) is 0 Å². The van der Waals surface area contributed by atoms with E-state index in [4.69, 9.17) is 10.5 Å². The fourth-order valence-electron chi connectivity index (χ4n) is 2.03. The summed E-state index contributed by atoms with van der Waals surface area (Å²) >= 11 is 0. The first-order valence-corrected chi connectivity index (χ1v) is 6.68. The van der Waals surface area contributed by atoms with Crippen molar-refractivity contribution in [2.45, 2.75) is 26.3 Å². The van der Waals surface area contributed by atoms with Gasteiger partial charge in [-0.1, -0.05) is 25.1 Å². The molecule has 0 aliphatic heterocycles. The molecule has 3 heteroatoms. The number of hydrogen-bond donors (Lipinski definition) is 1. The Bertz CT molecular complexity index is 341. The van der Waals surface area contributed by atoms with Crippen molar-refractivity contribution in [3.8, 4) is 5.75 Å². The average Bonchev–Trinajstić information content (AvgIpc) is 2.39. The Morgan fingerprint density at radius 2 is 2.06 bits per heavy atom. The molecule has 1 aromatic carbocycles. The van der Waals surface area contributed by atoms with E-state index >= 15 is 0 Å². The minimum absolute atomic E-state index is 0.629. The number of hydrogen-bond acceptors (Lipinski definition) is 3. The topological polar surface area (TPSA) is 38.5 Å². The van der Waals surface area contributed by atoms with Gasteiger partial charge in [-0.15, -0.1) is 0 Å². The van der Waals surface area contributed by atoms with E-state index in [-0.39, 0.29) is 0 Å². The van der Waals surface area contributed by atoms with E-state index in [1.807, 2.05) is 12.1 Å². The van der Waals surface area contributed by atoms with E-state index in [1.165, 1.54) is 18.4 Å². The Morgan fingerprint density at radius 3 is 2.72 bits per heavy atom. The number of methoxy groups -OCH3 is 1. The highest BCUT2D eigenvalue weighted by Gasteiger charge is 2.06. The third-order valence-electron chi connectivity index (χ3n) is 3.27. The molecule has 0 heterocycles. The molecule has 1 rings (SSSR count). The zero-order chi connectivity index (χ0) is 13.4. The van der Waals surface area contributed by atoms with Crippen molar-refractivity contribution in [3.05, 3.63) is 29.8 Å². The Hall–Kier alpha value is -1.06. The van der Waals surface area contributed by atoms with E-state index in [0.717, 1.165) is 25.4 Å². The van der Waals surface area contributed by atoms with Crippen molar-refractivity contribution in [2.24, 2.45) is 11.7 Å². The first-order chi connectivity index (χ1) is 8.67. The van der Waals surface area contributed by atoms with Crippen molar-refractivity contribution in [1.82, 2.24) is 4.90 Å². The predicted molar refractivity (Wildman–Crippen MR) is 76.8 cm³/mol. The van der Waals surface area contributed by atoms with Crippen molar-refractivity contribution in [2.75, 3.05) is 27.2 Å². The largest absolute Gasteiger partial charge is 0.496 e. The Balaban J connectivity index is 2.37. The number of benzene rings is 1. The summed E-state index contributed by atoms with van der Waals surface area (Å²) in [6.45, 7) is 5.03. The lowest BCUT2D eigenvalue weighted by atomic mass is 10.1. The molecule has 1 aromatic rings. The summed E-state index contributed by atoms with van der Waals surface area (Å²) in [6, 6.07) is 8.20. The molecule has 0 radical (unpaired) electrons. The molecule has 0 amide bonds. The normalized spacial score (nSPS) is 12.7. The lowest BCUT2D eigenvalue weighted by Gasteiger charge is -2.19. The van der Waals surface area contributed by atoms with Crippen LogP contribution in [0.1, 0.15) is 25.3 Å². The van der Waals surface area contributed by atoms with Crippen molar-refractivity contribution >= 4 is 0 Å². The second-order valence-corrected chi connectivity index (χ2v) is 5.03. The van der Waals surface area contributed by atoms with Gasteiger partial charge >= 0.3 is 0 Å². The summed E-state index contributed by atoms with van der Waals surface area (Å²) in [7, 11) is 3.88. The molecule has 0 spiro atoms. The smallest absolute Gasteiger partial charge is 0.123 e. The predicted octanol–water partition coefficient (Wildman–Crippen LogP) is 2.50. The average molecular weight is 250 g/mol. The Morgan fingerprint density at radius 1 is 1.33 bits per heavy atom. The minimum Gasteiger partial charge on any atom is -0.496 e. The van der Waals surface area contributed by atoms with Crippen LogP contribution >= 0.6 is 0 Å². The molecule has 1 atom stereocenters. The second kappa shape index (κ2) is 8.11. The molecular weight excluding hydrogens is 224 g/mol. The Labute approximate surface area is 111 Å². The van der Waals surface area contributed by atoms with Gasteiger partial charge in [-0.2, -0.15) is 0 Å². The molecule has 0 bridgehead atoms. The van der Waals surface area contributed by atoms with Gasteiger partial charge in [-0.3, -0.25) is 0 Å². The monoisotopic (exact) mass is 250 g/mol. The molecule has 0 aliphatic carbocycles. The quantitative estimate of drug-likeness (QED) is 0.770. The van der Waals surface area contributed by atoms with Crippen LogP contribution in [0.2, 0.25) is 0 Å². The van der Waals surface area contributed by atoms with Crippen molar-refractivity contribution < 1.29 is 4.74 Å². The van der Waals surface area contributed by atoms with Gasteiger partial charge in [0.1, 0.15) is 5.75 Å². The summed E-state index contributed by atoms with van der Waals surface area (Å²) in [5.41, 5.74) is 6.87. The summed E-state index contributed by atoms with van der Waals surface area (Å²) in [5, 5.41) is 0. The number of ether oxygens (including phenoxy) is 1. The maximum Gasteiger partial charge on any atom is 0.123 e. The van der Waals surface area contributed by atoms with Crippen LogP contribution in [0.15, 0.2) is 24.3 Å². The van der Waals surface area contributed by atoms with Crippen LogP contribution in [-0.4, -0.2) is 32.1 Å². The zero-order valence-electron chi connectivity index (χ0n) is 11.9. The third-order valence-corrected chi connectivity index (χ3v) is 3.27. The molecule has 1 unspecified atom stereocenters. The maximum absolute atomic E-state index is 5.62. The van der Waals surface area contributed by atoms with Crippen LogP contribution in [-0.2, 0) is 6.54 Å². The van der Waals surface area contributed by atoms with Crippen molar-refractivity contribution in [3.63, 3.8) is 0 Å². The van der Waals surface area contributed by atoms with Gasteiger partial charge in [-0.25, -0.2) is 0 Å². The SMILES string of the molecule is COc1ccccc1CN(C)CCCC(C)CN. The molecule has 0 saturated carbocycles. The highest BCUT2D eigenvalue weighted by atomic mass is 16.5. The highest BCUT2D eigenvalue weighted by Crippen LogP contribution is 2.18. The van der Waals surface area contributed by atoms with Gasteiger partial charge in [0, 0.05) is 12.1 Å². The molecule has 102 valence electrons. The number of nitrogens with two attached hydrogens (primary N) is 1. The van der Waals surface area contributed by atoms with Crippen LogP contribution < -0.4 is 10.5 Å². The third kappa shape index (κ3) is 5.07. The lowest BCUT2D eigenvalue weighted by Crippen LogP contribution is -2.21. The van der Waals surface area contributed by atoms with E-state index < -0.39 is 0 Å². The lowest BCUT2D eigenvalue weighted by molar-refractivity contribution is 0.302. The fraction of sp³-hybridized carbons (Fsp3) is 0.600. The summed E-state index contributed by atoms with van der Waals surface area (Å²) < 4.78 is 5.36. The van der Waals surface area contributed by atoms with E-state index in [2.05, 4.69) is 31.0 Å². The van der Waals surface area contributed by atoms with Crippen LogP contribution in [0, 0.1) is 5.92 Å². The number of para-hydroxylation sites is 1. The van der Waals surface area contributed by atoms with Gasteiger partial charge in [0.05, 0.1) is 7.11 Å². The molecule has 2 N–H and O–H groups in total. The molecule has 0 aliphatic rings. The van der Waals surface area contributed by atoms with E-state index in [1.54, 1.807) is 7.11 Å². The van der Waals surface area contributed by atoms with Crippen molar-refractivity contribution in [1.29, 1.82) is 0 Å². The molecule has 0 fully saturated rings. The summed E-state index contributed by atoms with van der Waals surface area (Å²) in [5.74, 6) is 1.60. The van der Waals surface area contributed by atoms with Gasteiger partial charge in [0.15, 0.2) is 0 Å². The molecule has 18 heavy (non-hydrogen) atoms. The fourth-order valence-corrected chi connectivity index (χ4v) is 2.03. The van der Waals surface area contributed by atoms with Gasteiger partial charge < -0.3 is 15.4 Å². The summed E-state index contributed by atoms with van der Waals surface area (Å²) in [6.07, 6.45) is 2.40. The first-order valence-electron chi connectivity index (χ1n) is 6.68. The molecule has 3 nitrogen and oxygen atoms in total. The molecule has 0 aromatic heterocycles. The molecular formula is C15H26N2O. The van der Waals surface area contributed by atoms with E-state index in [0.29, 0.717) is 5.92 Å². The van der Waals surface area contributed by atoms with Crippen LogP contribution in [0.25, 0.3) is 0 Å². The number of nitrogens with zero attached hydrogens (tertiary/aromatic N) is 1. The van der Waals surface area contributed by atoms with Gasteiger partial charge in [0.25, 0.3) is 0 Å². The highest BCUT2D eigenvalue weighted by molar-refractivity contribution is 5.32. The van der Waals surface area contributed by atoms with Crippen LogP contribution in [0.5, 0.6) is 5.75 Å². The Kier molecular flexibility index (Phi) is 6.76. The van der Waals surface area contributed by atoms with E-state index in [9.17, 15) is 0 Å². The standard InChI is InChI=1S/C15H26N2O/c1-13(11-16)7-6-10-17(2)12-14-8-4-5-9-15(14)18-3/h4-5,8-9,13H,6-7,10-12,16H2,1-3H3. The number of rotatable bonds is 8.